The van der Waals surface area contributed by atoms with Gasteiger partial charge in [-0.25, -0.2) is 4.98 Å². The van der Waals surface area contributed by atoms with Crippen molar-refractivity contribution in [1.29, 1.82) is 0 Å². The van der Waals surface area contributed by atoms with Gasteiger partial charge in [0.25, 0.3) is 5.91 Å². The third kappa shape index (κ3) is 2.97. The molecule has 2 aromatic rings. The minimum absolute atomic E-state index is 0.0349. The summed E-state index contributed by atoms with van der Waals surface area (Å²) < 4.78 is 10.5. The number of anilines is 1. The number of aryl methyl sites for hydroxylation is 2. The minimum Gasteiger partial charge on any atom is -0.481 e. The quantitative estimate of drug-likeness (QED) is 0.858. The van der Waals surface area contributed by atoms with E-state index in [1.54, 1.807) is 48.0 Å². The third-order valence-electron chi connectivity index (χ3n) is 4.02. The first-order valence-electron chi connectivity index (χ1n) is 7.66. The first-order valence-corrected chi connectivity index (χ1v) is 7.66. The van der Waals surface area contributed by atoms with Crippen molar-refractivity contribution in [3.05, 3.63) is 41.5 Å². The summed E-state index contributed by atoms with van der Waals surface area (Å²) >= 11 is 0. The summed E-state index contributed by atoms with van der Waals surface area (Å²) in [6.45, 7) is 4.46. The van der Waals surface area contributed by atoms with Crippen LogP contribution in [-0.2, 0) is 4.79 Å². The molecule has 1 saturated heterocycles. The molecule has 1 fully saturated rings. The van der Waals surface area contributed by atoms with Gasteiger partial charge in [0.2, 0.25) is 11.8 Å². The molecule has 126 valence electrons. The Hall–Kier alpha value is -2.83. The van der Waals surface area contributed by atoms with Gasteiger partial charge in [0.1, 0.15) is 18.1 Å². The molecule has 3 heterocycles. The molecule has 1 aliphatic heterocycles. The van der Waals surface area contributed by atoms with Crippen molar-refractivity contribution in [2.24, 2.45) is 0 Å². The van der Waals surface area contributed by atoms with Gasteiger partial charge in [-0.05, 0) is 26.0 Å². The van der Waals surface area contributed by atoms with Crippen LogP contribution in [0.3, 0.4) is 0 Å². The average molecular weight is 329 g/mol. The van der Waals surface area contributed by atoms with Crippen LogP contribution < -0.4 is 9.64 Å². The van der Waals surface area contributed by atoms with Crippen molar-refractivity contribution >= 4 is 17.5 Å². The van der Waals surface area contributed by atoms with Gasteiger partial charge >= 0.3 is 0 Å². The molecule has 7 nitrogen and oxygen atoms in total. The summed E-state index contributed by atoms with van der Waals surface area (Å²) in [6, 6.07) is 5.17. The van der Waals surface area contributed by atoms with E-state index >= 15 is 0 Å². The molecule has 0 bridgehead atoms. The number of rotatable bonds is 3. The SMILES string of the molecule is COc1cc(N2CCN(C(=O)c3cc(C)oc3C)CC2=O)ccn1. The summed E-state index contributed by atoms with van der Waals surface area (Å²) in [5, 5.41) is 0. The second-order valence-corrected chi connectivity index (χ2v) is 5.66. The van der Waals surface area contributed by atoms with Gasteiger partial charge in [0.15, 0.2) is 0 Å². The Balaban J connectivity index is 1.74. The van der Waals surface area contributed by atoms with Gasteiger partial charge in [-0.15, -0.1) is 0 Å². The zero-order valence-electron chi connectivity index (χ0n) is 13.9. The van der Waals surface area contributed by atoms with E-state index in [1.165, 1.54) is 7.11 Å². The number of carbonyl (C=O) groups is 2. The topological polar surface area (TPSA) is 75.9 Å². The monoisotopic (exact) mass is 329 g/mol. The fourth-order valence-electron chi connectivity index (χ4n) is 2.81. The molecule has 0 radical (unpaired) electrons. The summed E-state index contributed by atoms with van der Waals surface area (Å²) in [4.78, 5) is 32.3. The molecule has 0 N–H and O–H groups in total. The van der Waals surface area contributed by atoms with Crippen LogP contribution in [0.4, 0.5) is 5.69 Å². The lowest BCUT2D eigenvalue weighted by Gasteiger charge is -2.34. The van der Waals surface area contributed by atoms with Crippen LogP contribution >= 0.6 is 0 Å². The van der Waals surface area contributed by atoms with E-state index in [0.717, 1.165) is 0 Å². The number of carbonyl (C=O) groups excluding carboxylic acids is 2. The second-order valence-electron chi connectivity index (χ2n) is 5.66. The van der Waals surface area contributed by atoms with E-state index in [-0.39, 0.29) is 18.4 Å². The molecule has 7 heteroatoms. The van der Waals surface area contributed by atoms with Crippen molar-refractivity contribution in [3.63, 3.8) is 0 Å². The minimum atomic E-state index is -0.176. The molecule has 0 unspecified atom stereocenters. The standard InChI is InChI=1S/C17H19N3O4/c1-11-8-14(12(2)24-11)17(22)19-6-7-20(16(21)10-19)13-4-5-18-15(9-13)23-3/h4-5,8-9H,6-7,10H2,1-3H3. The molecule has 0 atom stereocenters. The number of aromatic nitrogens is 1. The molecule has 0 aromatic carbocycles. The van der Waals surface area contributed by atoms with Crippen LogP contribution in [0.25, 0.3) is 0 Å². The van der Waals surface area contributed by atoms with E-state index in [1.807, 2.05) is 0 Å². The highest BCUT2D eigenvalue weighted by molar-refractivity contribution is 6.02. The van der Waals surface area contributed by atoms with Crippen molar-refractivity contribution in [2.75, 3.05) is 31.6 Å². The number of pyridine rings is 1. The fourth-order valence-corrected chi connectivity index (χ4v) is 2.81. The zero-order valence-corrected chi connectivity index (χ0v) is 13.9. The number of furan rings is 1. The van der Waals surface area contributed by atoms with Crippen molar-refractivity contribution in [2.45, 2.75) is 13.8 Å². The summed E-state index contributed by atoms with van der Waals surface area (Å²) in [7, 11) is 1.53. The van der Waals surface area contributed by atoms with E-state index in [4.69, 9.17) is 9.15 Å². The Bertz CT molecular complexity index is 784. The predicted octanol–water partition coefficient (Wildman–Crippen LogP) is 1.79. The van der Waals surface area contributed by atoms with Gasteiger partial charge < -0.3 is 19.0 Å². The summed E-state index contributed by atoms with van der Waals surface area (Å²) in [5.41, 5.74) is 1.23. The van der Waals surface area contributed by atoms with Crippen molar-refractivity contribution < 1.29 is 18.7 Å². The number of ether oxygens (including phenoxy) is 1. The first kappa shape index (κ1) is 16.0. The number of methoxy groups -OCH3 is 1. The van der Waals surface area contributed by atoms with Crippen LogP contribution in [0.15, 0.2) is 28.8 Å². The van der Waals surface area contributed by atoms with E-state index < -0.39 is 0 Å². The fraction of sp³-hybridized carbons (Fsp3) is 0.353. The molecule has 0 saturated carbocycles. The number of piperazine rings is 1. The maximum Gasteiger partial charge on any atom is 0.257 e. The Kier molecular flexibility index (Phi) is 4.24. The largest absolute Gasteiger partial charge is 0.481 e. The molecule has 0 spiro atoms. The van der Waals surface area contributed by atoms with Crippen LogP contribution in [-0.4, -0.2) is 48.4 Å². The summed E-state index contributed by atoms with van der Waals surface area (Å²) in [5.74, 6) is 1.39. The van der Waals surface area contributed by atoms with Crippen LogP contribution in [0.2, 0.25) is 0 Å². The van der Waals surface area contributed by atoms with Gasteiger partial charge in [-0.1, -0.05) is 0 Å². The van der Waals surface area contributed by atoms with Crippen LogP contribution in [0, 0.1) is 13.8 Å². The highest BCUT2D eigenvalue weighted by Gasteiger charge is 2.30. The van der Waals surface area contributed by atoms with Crippen LogP contribution in [0.5, 0.6) is 5.88 Å². The molecule has 2 aromatic heterocycles. The predicted molar refractivity (Wildman–Crippen MR) is 87.2 cm³/mol. The molecular weight excluding hydrogens is 310 g/mol. The Morgan fingerprint density at radius 2 is 2.08 bits per heavy atom. The normalized spacial score (nSPS) is 14.9. The lowest BCUT2D eigenvalue weighted by atomic mass is 10.2. The van der Waals surface area contributed by atoms with Crippen LogP contribution in [0.1, 0.15) is 21.9 Å². The second kappa shape index (κ2) is 6.35. The van der Waals surface area contributed by atoms with E-state index in [2.05, 4.69) is 4.98 Å². The third-order valence-corrected chi connectivity index (χ3v) is 4.02. The highest BCUT2D eigenvalue weighted by atomic mass is 16.5. The van der Waals surface area contributed by atoms with Gasteiger partial charge in [0, 0.05) is 25.4 Å². The number of hydrogen-bond acceptors (Lipinski definition) is 5. The molecule has 24 heavy (non-hydrogen) atoms. The maximum absolute atomic E-state index is 12.6. The summed E-state index contributed by atoms with van der Waals surface area (Å²) in [6.07, 6.45) is 1.59. The highest BCUT2D eigenvalue weighted by Crippen LogP contribution is 2.22. The van der Waals surface area contributed by atoms with Gasteiger partial charge in [0.05, 0.1) is 18.4 Å². The molecule has 1 aliphatic rings. The van der Waals surface area contributed by atoms with E-state index in [0.29, 0.717) is 41.7 Å². The smallest absolute Gasteiger partial charge is 0.257 e. The Morgan fingerprint density at radius 1 is 1.29 bits per heavy atom. The zero-order chi connectivity index (χ0) is 17.3. The number of nitrogens with zero attached hydrogens (tertiary/aromatic N) is 3. The number of hydrogen-bond donors (Lipinski definition) is 0. The van der Waals surface area contributed by atoms with Gasteiger partial charge in [-0.2, -0.15) is 0 Å². The molecule has 2 amide bonds. The first-order chi connectivity index (χ1) is 11.5. The molecular formula is C17H19N3O4. The number of amides is 2. The lowest BCUT2D eigenvalue weighted by molar-refractivity contribution is -0.120. The Morgan fingerprint density at radius 3 is 2.71 bits per heavy atom. The maximum atomic E-state index is 12.6. The van der Waals surface area contributed by atoms with Crippen molar-refractivity contribution in [3.8, 4) is 5.88 Å². The average Bonchev–Trinajstić information content (AvgIpc) is 2.92. The Labute approximate surface area is 139 Å². The van der Waals surface area contributed by atoms with E-state index in [9.17, 15) is 9.59 Å². The molecule has 3 rings (SSSR count). The lowest BCUT2D eigenvalue weighted by Crippen LogP contribution is -2.52. The van der Waals surface area contributed by atoms with Crippen molar-refractivity contribution in [1.82, 2.24) is 9.88 Å². The van der Waals surface area contributed by atoms with Gasteiger partial charge in [-0.3, -0.25) is 9.59 Å². The molecule has 0 aliphatic carbocycles.